The fraction of sp³-hybridized carbons (Fsp3) is 1.00. The van der Waals surface area contributed by atoms with Crippen LogP contribution in [0, 0.1) is 0 Å². The molecule has 2 N–H and O–H groups in total. The van der Waals surface area contributed by atoms with Gasteiger partial charge < -0.3 is 19.8 Å². The quantitative estimate of drug-likeness (QED) is 0.703. The minimum atomic E-state index is -0.571. The van der Waals surface area contributed by atoms with Crippen LogP contribution in [0.5, 0.6) is 0 Å². The molecular weight excluding hydrogens is 206 g/mol. The van der Waals surface area contributed by atoms with Gasteiger partial charge in [0.2, 0.25) is 0 Å². The molecule has 16 heavy (non-hydrogen) atoms. The van der Waals surface area contributed by atoms with Crippen LogP contribution in [0.2, 0.25) is 0 Å². The predicted molar refractivity (Wildman–Crippen MR) is 63.4 cm³/mol. The van der Waals surface area contributed by atoms with Gasteiger partial charge in [0.05, 0.1) is 24.9 Å². The molecular formula is C12H25NO3. The van der Waals surface area contributed by atoms with E-state index in [2.05, 4.69) is 4.90 Å². The monoisotopic (exact) mass is 231 g/mol. The zero-order valence-corrected chi connectivity index (χ0v) is 10.5. The standard InChI is InChI=1S/C12H25NO3/c1-3-12(2,15)10-13-6-4-11(5-7-13)16-9-8-14/h11,14-15H,3-10H2,1-2H3. The molecule has 0 amide bonds. The Morgan fingerprint density at radius 3 is 2.50 bits per heavy atom. The molecule has 4 nitrogen and oxygen atoms in total. The fourth-order valence-electron chi connectivity index (χ4n) is 2.05. The lowest BCUT2D eigenvalue weighted by atomic mass is 10.0. The summed E-state index contributed by atoms with van der Waals surface area (Å²) in [6.07, 6.45) is 3.07. The molecule has 0 aromatic carbocycles. The fourth-order valence-corrected chi connectivity index (χ4v) is 2.05. The molecule has 1 aliphatic rings. The average molecular weight is 231 g/mol. The summed E-state index contributed by atoms with van der Waals surface area (Å²) in [6, 6.07) is 0. The zero-order chi connectivity index (χ0) is 12.0. The van der Waals surface area contributed by atoms with Gasteiger partial charge in [0.25, 0.3) is 0 Å². The first-order valence-electron chi connectivity index (χ1n) is 6.24. The first-order chi connectivity index (χ1) is 7.57. The highest BCUT2D eigenvalue weighted by molar-refractivity contribution is 4.80. The van der Waals surface area contributed by atoms with Crippen molar-refractivity contribution in [1.29, 1.82) is 0 Å². The Balaban J connectivity index is 2.21. The number of hydrogen-bond acceptors (Lipinski definition) is 4. The summed E-state index contributed by atoms with van der Waals surface area (Å²) in [5.41, 5.74) is -0.571. The molecule has 1 unspecified atom stereocenters. The molecule has 0 bridgehead atoms. The highest BCUT2D eigenvalue weighted by Gasteiger charge is 2.25. The molecule has 1 fully saturated rings. The topological polar surface area (TPSA) is 52.9 Å². The van der Waals surface area contributed by atoms with Crippen LogP contribution < -0.4 is 0 Å². The van der Waals surface area contributed by atoms with Crippen LogP contribution in [0.4, 0.5) is 0 Å². The molecule has 0 radical (unpaired) electrons. The predicted octanol–water partition coefficient (Wildman–Crippen LogP) is 0.621. The number of nitrogens with zero attached hydrogens (tertiary/aromatic N) is 1. The Morgan fingerprint density at radius 2 is 2.00 bits per heavy atom. The molecule has 1 atom stereocenters. The Morgan fingerprint density at radius 1 is 1.38 bits per heavy atom. The van der Waals surface area contributed by atoms with Gasteiger partial charge in [0, 0.05) is 19.6 Å². The third-order valence-electron chi connectivity index (χ3n) is 3.31. The van der Waals surface area contributed by atoms with Crippen molar-refractivity contribution < 1.29 is 14.9 Å². The van der Waals surface area contributed by atoms with Crippen molar-refractivity contribution >= 4 is 0 Å². The summed E-state index contributed by atoms with van der Waals surface area (Å²) in [7, 11) is 0. The van der Waals surface area contributed by atoms with Gasteiger partial charge in [-0.15, -0.1) is 0 Å². The lowest BCUT2D eigenvalue weighted by Crippen LogP contribution is -2.45. The van der Waals surface area contributed by atoms with Crippen molar-refractivity contribution in [3.05, 3.63) is 0 Å². The smallest absolute Gasteiger partial charge is 0.0743 e. The van der Waals surface area contributed by atoms with Gasteiger partial charge in [-0.2, -0.15) is 0 Å². The number of aliphatic hydroxyl groups is 2. The number of ether oxygens (including phenoxy) is 1. The molecule has 1 saturated heterocycles. The largest absolute Gasteiger partial charge is 0.394 e. The van der Waals surface area contributed by atoms with Gasteiger partial charge in [-0.05, 0) is 26.2 Å². The second-order valence-corrected chi connectivity index (χ2v) is 4.92. The lowest BCUT2D eigenvalue weighted by molar-refractivity contribution is -0.0322. The molecule has 1 heterocycles. The summed E-state index contributed by atoms with van der Waals surface area (Å²) in [4.78, 5) is 2.29. The van der Waals surface area contributed by atoms with Crippen LogP contribution >= 0.6 is 0 Å². The summed E-state index contributed by atoms with van der Waals surface area (Å²) >= 11 is 0. The van der Waals surface area contributed by atoms with Crippen molar-refractivity contribution in [2.45, 2.75) is 44.8 Å². The summed E-state index contributed by atoms with van der Waals surface area (Å²) in [6.45, 7) is 7.15. The summed E-state index contributed by atoms with van der Waals surface area (Å²) < 4.78 is 5.50. The minimum Gasteiger partial charge on any atom is -0.394 e. The maximum Gasteiger partial charge on any atom is 0.0743 e. The van der Waals surface area contributed by atoms with E-state index in [9.17, 15) is 5.11 Å². The normalized spacial score (nSPS) is 23.2. The number of piperidine rings is 1. The Hall–Kier alpha value is -0.160. The highest BCUT2D eigenvalue weighted by atomic mass is 16.5. The number of aliphatic hydroxyl groups excluding tert-OH is 1. The second kappa shape index (κ2) is 6.55. The second-order valence-electron chi connectivity index (χ2n) is 4.92. The molecule has 96 valence electrons. The summed E-state index contributed by atoms with van der Waals surface area (Å²) in [5.74, 6) is 0. The van der Waals surface area contributed by atoms with Crippen LogP contribution in [-0.4, -0.2) is 59.7 Å². The van der Waals surface area contributed by atoms with E-state index in [1.165, 1.54) is 0 Å². The number of rotatable bonds is 6. The molecule has 0 aromatic rings. The van der Waals surface area contributed by atoms with E-state index in [1.54, 1.807) is 0 Å². The van der Waals surface area contributed by atoms with Gasteiger partial charge in [-0.25, -0.2) is 0 Å². The summed E-state index contributed by atoms with van der Waals surface area (Å²) in [5, 5.41) is 18.6. The highest BCUT2D eigenvalue weighted by Crippen LogP contribution is 2.17. The molecule has 4 heteroatoms. The van der Waals surface area contributed by atoms with Crippen molar-refractivity contribution in [3.8, 4) is 0 Å². The third-order valence-corrected chi connectivity index (χ3v) is 3.31. The van der Waals surface area contributed by atoms with E-state index in [0.29, 0.717) is 6.61 Å². The van der Waals surface area contributed by atoms with E-state index < -0.39 is 5.60 Å². The van der Waals surface area contributed by atoms with Crippen LogP contribution in [0.1, 0.15) is 33.1 Å². The first-order valence-corrected chi connectivity index (χ1v) is 6.24. The van der Waals surface area contributed by atoms with Crippen molar-refractivity contribution in [2.75, 3.05) is 32.8 Å². The van der Waals surface area contributed by atoms with Gasteiger partial charge in [-0.1, -0.05) is 6.92 Å². The lowest BCUT2D eigenvalue weighted by Gasteiger charge is -2.36. The van der Waals surface area contributed by atoms with E-state index in [-0.39, 0.29) is 12.7 Å². The molecule has 0 saturated carbocycles. The van der Waals surface area contributed by atoms with E-state index >= 15 is 0 Å². The maximum atomic E-state index is 9.98. The molecule has 0 spiro atoms. The SMILES string of the molecule is CCC(C)(O)CN1CCC(OCCO)CC1. The van der Waals surface area contributed by atoms with Gasteiger partial charge in [0.15, 0.2) is 0 Å². The number of likely N-dealkylation sites (tertiary alicyclic amines) is 1. The van der Waals surface area contributed by atoms with Crippen LogP contribution in [-0.2, 0) is 4.74 Å². The molecule has 1 aliphatic heterocycles. The van der Waals surface area contributed by atoms with Gasteiger partial charge in [-0.3, -0.25) is 0 Å². The third kappa shape index (κ3) is 4.78. The van der Waals surface area contributed by atoms with Crippen molar-refractivity contribution in [3.63, 3.8) is 0 Å². The molecule has 0 aromatic heterocycles. The van der Waals surface area contributed by atoms with Crippen molar-refractivity contribution in [1.82, 2.24) is 4.90 Å². The first kappa shape index (κ1) is 13.9. The number of hydrogen-bond donors (Lipinski definition) is 2. The average Bonchev–Trinajstić information content (AvgIpc) is 2.28. The van der Waals surface area contributed by atoms with E-state index in [1.807, 2.05) is 13.8 Å². The van der Waals surface area contributed by atoms with Gasteiger partial charge >= 0.3 is 0 Å². The van der Waals surface area contributed by atoms with Crippen molar-refractivity contribution in [2.24, 2.45) is 0 Å². The number of β-amino-alcohol motifs (C(OH)–C–C–N with tert-alkyl or cyclic N) is 1. The molecule has 1 rings (SSSR count). The molecule has 0 aliphatic carbocycles. The minimum absolute atomic E-state index is 0.102. The Labute approximate surface area is 98.2 Å². The van der Waals surface area contributed by atoms with Gasteiger partial charge in [0.1, 0.15) is 0 Å². The van der Waals surface area contributed by atoms with Crippen LogP contribution in [0.25, 0.3) is 0 Å². The van der Waals surface area contributed by atoms with Crippen LogP contribution in [0.3, 0.4) is 0 Å². The zero-order valence-electron chi connectivity index (χ0n) is 10.5. The Kier molecular flexibility index (Phi) is 5.69. The maximum absolute atomic E-state index is 9.98. The Bertz CT molecular complexity index is 189. The van der Waals surface area contributed by atoms with E-state index in [0.717, 1.165) is 38.9 Å². The van der Waals surface area contributed by atoms with E-state index in [4.69, 9.17) is 9.84 Å². The van der Waals surface area contributed by atoms with Crippen LogP contribution in [0.15, 0.2) is 0 Å².